The molecule has 0 amide bonds. The van der Waals surface area contributed by atoms with E-state index in [9.17, 15) is 4.79 Å². The van der Waals surface area contributed by atoms with Gasteiger partial charge in [0.05, 0.1) is 3.79 Å². The van der Waals surface area contributed by atoms with Crippen LogP contribution in [0.4, 0.5) is 0 Å². The van der Waals surface area contributed by atoms with Crippen LogP contribution in [0.15, 0.2) is 33.4 Å². The highest BCUT2D eigenvalue weighted by Crippen LogP contribution is 2.21. The minimum atomic E-state index is 0.222. The van der Waals surface area contributed by atoms with Crippen LogP contribution in [-0.2, 0) is 6.54 Å². The van der Waals surface area contributed by atoms with E-state index in [1.807, 2.05) is 26.0 Å². The molecule has 0 aliphatic heterocycles. The molecule has 0 aliphatic rings. The van der Waals surface area contributed by atoms with Gasteiger partial charge in [0.1, 0.15) is 0 Å². The molecule has 2 nitrogen and oxygen atoms in total. The molecule has 0 fully saturated rings. The topological polar surface area (TPSA) is 20.3 Å². The van der Waals surface area contributed by atoms with Crippen LogP contribution in [0.1, 0.15) is 33.5 Å². The summed E-state index contributed by atoms with van der Waals surface area (Å²) in [6.07, 6.45) is 0.560. The molecule has 0 radical (unpaired) electrons. The molecule has 0 saturated carbocycles. The van der Waals surface area contributed by atoms with Crippen LogP contribution in [0.5, 0.6) is 0 Å². The summed E-state index contributed by atoms with van der Waals surface area (Å²) in [6.45, 7) is 5.72. The number of halogens is 1. The molecule has 112 valence electrons. The molecule has 0 bridgehead atoms. The fraction of sp³-hybridized carbons (Fsp3) is 0.353. The van der Waals surface area contributed by atoms with E-state index in [1.165, 1.54) is 5.56 Å². The van der Waals surface area contributed by atoms with Crippen LogP contribution in [0.3, 0.4) is 0 Å². The van der Waals surface area contributed by atoms with E-state index in [1.54, 1.807) is 11.3 Å². The smallest absolute Gasteiger partial charge is 0.164 e. The summed E-state index contributed by atoms with van der Waals surface area (Å²) >= 11 is 5.17. The molecule has 0 aliphatic carbocycles. The molecular formula is C17H20BrNOS. The number of nitrogens with zero attached hydrogens (tertiary/aromatic N) is 1. The van der Waals surface area contributed by atoms with Crippen molar-refractivity contribution in [2.24, 2.45) is 0 Å². The molecule has 1 aromatic heterocycles. The molecule has 4 heteroatoms. The Kier molecular flexibility index (Phi) is 5.73. The van der Waals surface area contributed by atoms with Crippen LogP contribution in [-0.4, -0.2) is 24.3 Å². The molecule has 1 heterocycles. The summed E-state index contributed by atoms with van der Waals surface area (Å²) < 4.78 is 1.15. The number of ketones is 1. The number of carbonyl (C=O) groups is 1. The van der Waals surface area contributed by atoms with Crippen LogP contribution in [0.2, 0.25) is 0 Å². The van der Waals surface area contributed by atoms with Gasteiger partial charge in [-0.2, -0.15) is 0 Å². The standard InChI is InChI=1S/C17H20BrNOS/c1-12-6-13(2)8-15(7-12)16(20)4-5-19(3)10-14-9-17(18)21-11-14/h6-9,11H,4-5,10H2,1-3H3. The van der Waals surface area contributed by atoms with Crippen molar-refractivity contribution in [1.29, 1.82) is 0 Å². The zero-order chi connectivity index (χ0) is 15.4. The lowest BCUT2D eigenvalue weighted by atomic mass is 10.0. The largest absolute Gasteiger partial charge is 0.302 e. The summed E-state index contributed by atoms with van der Waals surface area (Å²) in [7, 11) is 2.06. The number of benzene rings is 1. The SMILES string of the molecule is Cc1cc(C)cc(C(=O)CCN(C)Cc2csc(Br)c2)c1. The molecule has 2 rings (SSSR count). The fourth-order valence-corrected chi connectivity index (χ4v) is 3.59. The Morgan fingerprint density at radius 2 is 1.86 bits per heavy atom. The van der Waals surface area contributed by atoms with Gasteiger partial charge in [0.15, 0.2) is 5.78 Å². The molecule has 0 atom stereocenters. The van der Waals surface area contributed by atoms with E-state index in [2.05, 4.69) is 45.4 Å². The van der Waals surface area contributed by atoms with Crippen LogP contribution in [0.25, 0.3) is 0 Å². The summed E-state index contributed by atoms with van der Waals surface area (Å²) in [5.41, 5.74) is 4.41. The Balaban J connectivity index is 1.88. The third kappa shape index (κ3) is 5.06. The zero-order valence-electron chi connectivity index (χ0n) is 12.6. The minimum absolute atomic E-state index is 0.222. The monoisotopic (exact) mass is 365 g/mol. The maximum absolute atomic E-state index is 12.3. The van der Waals surface area contributed by atoms with E-state index < -0.39 is 0 Å². The van der Waals surface area contributed by atoms with Crippen molar-refractivity contribution in [1.82, 2.24) is 4.90 Å². The van der Waals surface area contributed by atoms with Crippen LogP contribution in [0, 0.1) is 13.8 Å². The van der Waals surface area contributed by atoms with Crippen molar-refractivity contribution >= 4 is 33.0 Å². The molecule has 0 saturated heterocycles. The third-order valence-corrected chi connectivity index (χ3v) is 4.89. The second-order valence-corrected chi connectivity index (χ2v) is 7.84. The molecule has 21 heavy (non-hydrogen) atoms. The summed E-state index contributed by atoms with van der Waals surface area (Å²) in [4.78, 5) is 14.5. The molecule has 0 N–H and O–H groups in total. The Labute approximate surface area is 138 Å². The van der Waals surface area contributed by atoms with Gasteiger partial charge in [0, 0.05) is 25.1 Å². The van der Waals surface area contributed by atoms with Gasteiger partial charge in [-0.1, -0.05) is 17.2 Å². The minimum Gasteiger partial charge on any atom is -0.302 e. The molecule has 0 spiro atoms. The lowest BCUT2D eigenvalue weighted by Gasteiger charge is -2.15. The first-order valence-corrected chi connectivity index (χ1v) is 8.64. The van der Waals surface area contributed by atoms with Crippen molar-refractivity contribution in [3.63, 3.8) is 0 Å². The number of aryl methyl sites for hydroxylation is 2. The Hall–Kier alpha value is -0.970. The van der Waals surface area contributed by atoms with Gasteiger partial charge in [0.2, 0.25) is 0 Å². The van der Waals surface area contributed by atoms with Gasteiger partial charge < -0.3 is 4.90 Å². The van der Waals surface area contributed by atoms with Crippen molar-refractivity contribution in [2.75, 3.05) is 13.6 Å². The van der Waals surface area contributed by atoms with Crippen molar-refractivity contribution < 1.29 is 4.79 Å². The first kappa shape index (κ1) is 16.4. The van der Waals surface area contributed by atoms with Gasteiger partial charge in [-0.15, -0.1) is 11.3 Å². The number of rotatable bonds is 6. The average Bonchev–Trinajstić information content (AvgIpc) is 2.80. The summed E-state index contributed by atoms with van der Waals surface area (Å²) in [5.74, 6) is 0.222. The molecule has 0 unspecified atom stereocenters. The molecular weight excluding hydrogens is 346 g/mol. The van der Waals surface area contributed by atoms with E-state index in [0.29, 0.717) is 6.42 Å². The average molecular weight is 366 g/mol. The lowest BCUT2D eigenvalue weighted by molar-refractivity contribution is 0.0967. The van der Waals surface area contributed by atoms with Crippen molar-refractivity contribution in [3.8, 4) is 0 Å². The summed E-state index contributed by atoms with van der Waals surface area (Å²) in [6, 6.07) is 8.18. The maximum Gasteiger partial charge on any atom is 0.164 e. The molecule has 1 aromatic carbocycles. The van der Waals surface area contributed by atoms with E-state index >= 15 is 0 Å². The van der Waals surface area contributed by atoms with E-state index in [-0.39, 0.29) is 5.78 Å². The molecule has 2 aromatic rings. The van der Waals surface area contributed by atoms with Gasteiger partial charge in [-0.25, -0.2) is 0 Å². The Morgan fingerprint density at radius 1 is 1.19 bits per heavy atom. The third-order valence-electron chi connectivity index (χ3n) is 3.34. The number of hydrogen-bond donors (Lipinski definition) is 0. The van der Waals surface area contributed by atoms with Gasteiger partial charge in [-0.3, -0.25) is 4.79 Å². The van der Waals surface area contributed by atoms with Crippen molar-refractivity contribution in [3.05, 3.63) is 55.7 Å². The quantitative estimate of drug-likeness (QED) is 0.683. The predicted molar refractivity (Wildman–Crippen MR) is 93.2 cm³/mol. The van der Waals surface area contributed by atoms with Crippen LogP contribution < -0.4 is 0 Å². The van der Waals surface area contributed by atoms with Gasteiger partial charge >= 0.3 is 0 Å². The lowest BCUT2D eigenvalue weighted by Crippen LogP contribution is -2.21. The second kappa shape index (κ2) is 7.34. The first-order chi connectivity index (χ1) is 9.94. The van der Waals surface area contributed by atoms with E-state index in [4.69, 9.17) is 0 Å². The predicted octanol–water partition coefficient (Wildman–Crippen LogP) is 4.83. The van der Waals surface area contributed by atoms with Crippen LogP contribution >= 0.6 is 27.3 Å². The number of Topliss-reactive ketones (excluding diaryl/α,β-unsaturated/α-hetero) is 1. The highest BCUT2D eigenvalue weighted by atomic mass is 79.9. The van der Waals surface area contributed by atoms with Gasteiger partial charge in [-0.05, 0) is 66.0 Å². The van der Waals surface area contributed by atoms with Crippen molar-refractivity contribution in [2.45, 2.75) is 26.8 Å². The normalized spacial score (nSPS) is 11.1. The van der Waals surface area contributed by atoms with E-state index in [0.717, 1.165) is 33.6 Å². The summed E-state index contributed by atoms with van der Waals surface area (Å²) in [5, 5.41) is 2.15. The zero-order valence-corrected chi connectivity index (χ0v) is 15.1. The van der Waals surface area contributed by atoms with Gasteiger partial charge in [0.25, 0.3) is 0 Å². The first-order valence-electron chi connectivity index (χ1n) is 6.97. The number of hydrogen-bond acceptors (Lipinski definition) is 3. The maximum atomic E-state index is 12.3. The number of thiophene rings is 1. The highest BCUT2D eigenvalue weighted by Gasteiger charge is 2.09. The Bertz CT molecular complexity index is 615. The Morgan fingerprint density at radius 3 is 2.43 bits per heavy atom. The second-order valence-electron chi connectivity index (χ2n) is 5.55. The number of carbonyl (C=O) groups excluding carboxylic acids is 1. The fourth-order valence-electron chi connectivity index (χ4n) is 2.39. The highest BCUT2D eigenvalue weighted by molar-refractivity contribution is 9.11.